The average Bonchev–Trinajstić information content (AvgIpc) is 3.22. The van der Waals surface area contributed by atoms with Crippen LogP contribution in [-0.4, -0.2) is 29.2 Å². The zero-order chi connectivity index (χ0) is 23.0. The highest BCUT2D eigenvalue weighted by molar-refractivity contribution is 5.96. The monoisotopic (exact) mass is 443 g/mol. The maximum atomic E-state index is 12.7. The Morgan fingerprint density at radius 1 is 1.00 bits per heavy atom. The molecule has 0 aliphatic heterocycles. The summed E-state index contributed by atoms with van der Waals surface area (Å²) in [6, 6.07) is 23.4. The van der Waals surface area contributed by atoms with Crippen LogP contribution in [0.25, 0.3) is 11.0 Å². The van der Waals surface area contributed by atoms with E-state index in [-0.39, 0.29) is 5.91 Å². The molecule has 4 aromatic rings. The van der Waals surface area contributed by atoms with E-state index in [2.05, 4.69) is 35.0 Å². The zero-order valence-corrected chi connectivity index (χ0v) is 19.1. The summed E-state index contributed by atoms with van der Waals surface area (Å²) in [7, 11) is 1.56. The van der Waals surface area contributed by atoms with Gasteiger partial charge in [-0.15, -0.1) is 0 Å². The number of fused-ring (bicyclic) bond motifs is 1. The molecule has 0 fully saturated rings. The molecule has 0 radical (unpaired) electrons. The first-order valence-electron chi connectivity index (χ1n) is 11.3. The SMILES string of the molecule is CCc1ccc(OCCCn2c(CNC(=O)c3ccccc3OC)nc3ccccc32)cc1. The van der Waals surface area contributed by atoms with Crippen molar-refractivity contribution >= 4 is 16.9 Å². The zero-order valence-electron chi connectivity index (χ0n) is 19.1. The van der Waals surface area contributed by atoms with Gasteiger partial charge in [0.25, 0.3) is 5.91 Å². The number of amides is 1. The largest absolute Gasteiger partial charge is 0.496 e. The van der Waals surface area contributed by atoms with Gasteiger partial charge < -0.3 is 19.4 Å². The van der Waals surface area contributed by atoms with Crippen molar-refractivity contribution in [3.63, 3.8) is 0 Å². The van der Waals surface area contributed by atoms with E-state index < -0.39 is 0 Å². The molecule has 0 aliphatic rings. The Kier molecular flexibility index (Phi) is 7.25. The van der Waals surface area contributed by atoms with E-state index in [4.69, 9.17) is 14.5 Å². The molecular formula is C27H29N3O3. The van der Waals surface area contributed by atoms with Crippen LogP contribution in [-0.2, 0) is 19.5 Å². The summed E-state index contributed by atoms with van der Waals surface area (Å²) in [5.74, 6) is 2.05. The van der Waals surface area contributed by atoms with E-state index >= 15 is 0 Å². The Bertz CT molecular complexity index is 1220. The van der Waals surface area contributed by atoms with Gasteiger partial charge in [-0.3, -0.25) is 4.79 Å². The lowest BCUT2D eigenvalue weighted by Crippen LogP contribution is -2.25. The van der Waals surface area contributed by atoms with Crippen LogP contribution in [0.3, 0.4) is 0 Å². The summed E-state index contributed by atoms with van der Waals surface area (Å²) in [6.45, 7) is 3.81. The van der Waals surface area contributed by atoms with Crippen molar-refractivity contribution < 1.29 is 14.3 Å². The van der Waals surface area contributed by atoms with Crippen molar-refractivity contribution in [1.82, 2.24) is 14.9 Å². The summed E-state index contributed by atoms with van der Waals surface area (Å²) in [5, 5.41) is 2.98. The predicted octanol–water partition coefficient (Wildman–Crippen LogP) is 5.01. The second kappa shape index (κ2) is 10.7. The van der Waals surface area contributed by atoms with Crippen LogP contribution in [0.15, 0.2) is 72.8 Å². The summed E-state index contributed by atoms with van der Waals surface area (Å²) < 4.78 is 13.4. The van der Waals surface area contributed by atoms with Crippen LogP contribution >= 0.6 is 0 Å². The van der Waals surface area contributed by atoms with E-state index in [1.54, 1.807) is 19.2 Å². The van der Waals surface area contributed by atoms with Gasteiger partial charge in [-0.2, -0.15) is 0 Å². The van der Waals surface area contributed by atoms with Crippen molar-refractivity contribution in [2.24, 2.45) is 0 Å². The van der Waals surface area contributed by atoms with E-state index in [1.807, 2.05) is 42.5 Å². The van der Waals surface area contributed by atoms with Crippen molar-refractivity contribution in [1.29, 1.82) is 0 Å². The second-order valence-electron chi connectivity index (χ2n) is 7.75. The van der Waals surface area contributed by atoms with E-state index in [0.29, 0.717) is 24.5 Å². The smallest absolute Gasteiger partial charge is 0.255 e. The number of nitrogens with zero attached hydrogens (tertiary/aromatic N) is 2. The first-order chi connectivity index (χ1) is 16.2. The second-order valence-corrected chi connectivity index (χ2v) is 7.75. The Morgan fingerprint density at radius 2 is 1.76 bits per heavy atom. The third kappa shape index (κ3) is 5.34. The summed E-state index contributed by atoms with van der Waals surface area (Å²) in [6.07, 6.45) is 1.84. The fourth-order valence-corrected chi connectivity index (χ4v) is 3.83. The highest BCUT2D eigenvalue weighted by Gasteiger charge is 2.14. The number of nitrogens with one attached hydrogen (secondary N) is 1. The number of carbonyl (C=O) groups is 1. The standard InChI is InChI=1S/C27H29N3O3/c1-3-20-13-15-21(16-14-20)33-18-8-17-30-24-11-6-5-10-23(24)29-26(30)19-28-27(31)22-9-4-7-12-25(22)32-2/h4-7,9-16H,3,8,17-19H2,1-2H3,(H,28,31). The Labute approximate surface area is 194 Å². The van der Waals surface area contributed by atoms with Crippen LogP contribution in [0, 0.1) is 0 Å². The van der Waals surface area contributed by atoms with Gasteiger partial charge in [0.2, 0.25) is 0 Å². The van der Waals surface area contributed by atoms with E-state index in [9.17, 15) is 4.79 Å². The molecule has 1 heterocycles. The molecule has 0 saturated heterocycles. The van der Waals surface area contributed by atoms with Crippen molar-refractivity contribution in [2.75, 3.05) is 13.7 Å². The van der Waals surface area contributed by atoms with Crippen LogP contribution in [0.5, 0.6) is 11.5 Å². The molecule has 1 aromatic heterocycles. The number of hydrogen-bond acceptors (Lipinski definition) is 4. The lowest BCUT2D eigenvalue weighted by Gasteiger charge is -2.12. The van der Waals surface area contributed by atoms with Gasteiger partial charge >= 0.3 is 0 Å². The van der Waals surface area contributed by atoms with Gasteiger partial charge in [-0.1, -0.05) is 43.3 Å². The molecule has 0 aliphatic carbocycles. The normalized spacial score (nSPS) is 10.8. The maximum absolute atomic E-state index is 12.7. The number of ether oxygens (including phenoxy) is 2. The molecule has 0 unspecified atom stereocenters. The van der Waals surface area contributed by atoms with Crippen LogP contribution in [0.4, 0.5) is 0 Å². The molecule has 1 N–H and O–H groups in total. The van der Waals surface area contributed by atoms with Crippen molar-refractivity contribution in [2.45, 2.75) is 32.9 Å². The minimum atomic E-state index is -0.190. The molecule has 33 heavy (non-hydrogen) atoms. The molecule has 0 bridgehead atoms. The van der Waals surface area contributed by atoms with Gasteiger partial charge in [0, 0.05) is 6.54 Å². The summed E-state index contributed by atoms with van der Waals surface area (Å²) in [5.41, 5.74) is 3.76. The first-order valence-corrected chi connectivity index (χ1v) is 11.3. The molecule has 0 atom stereocenters. The summed E-state index contributed by atoms with van der Waals surface area (Å²) >= 11 is 0. The molecule has 6 heteroatoms. The van der Waals surface area contributed by atoms with Crippen LogP contribution in [0.2, 0.25) is 0 Å². The number of aryl methyl sites for hydroxylation is 2. The number of aromatic nitrogens is 2. The third-order valence-electron chi connectivity index (χ3n) is 5.62. The number of imidazole rings is 1. The molecule has 0 spiro atoms. The minimum Gasteiger partial charge on any atom is -0.496 e. The summed E-state index contributed by atoms with van der Waals surface area (Å²) in [4.78, 5) is 17.5. The third-order valence-corrected chi connectivity index (χ3v) is 5.62. The topological polar surface area (TPSA) is 65.4 Å². The number of carbonyl (C=O) groups excluding carboxylic acids is 1. The van der Waals surface area contributed by atoms with E-state index in [0.717, 1.165) is 42.0 Å². The van der Waals surface area contributed by atoms with Gasteiger partial charge in [-0.25, -0.2) is 4.98 Å². The number of methoxy groups -OCH3 is 1. The number of para-hydroxylation sites is 3. The van der Waals surface area contributed by atoms with Crippen LogP contribution < -0.4 is 14.8 Å². The first kappa shape index (κ1) is 22.4. The quantitative estimate of drug-likeness (QED) is 0.350. The highest BCUT2D eigenvalue weighted by Crippen LogP contribution is 2.19. The van der Waals surface area contributed by atoms with Gasteiger partial charge in [0.05, 0.1) is 36.9 Å². The van der Waals surface area contributed by atoms with E-state index in [1.165, 1.54) is 5.56 Å². The number of hydrogen-bond donors (Lipinski definition) is 1. The van der Waals surface area contributed by atoms with Gasteiger partial charge in [0.15, 0.2) is 0 Å². The highest BCUT2D eigenvalue weighted by atomic mass is 16.5. The molecule has 6 nitrogen and oxygen atoms in total. The Morgan fingerprint density at radius 3 is 2.55 bits per heavy atom. The van der Waals surface area contributed by atoms with Crippen molar-refractivity contribution in [3.05, 3.63) is 89.7 Å². The fraction of sp³-hybridized carbons (Fsp3) is 0.259. The average molecular weight is 444 g/mol. The minimum absolute atomic E-state index is 0.190. The number of benzene rings is 3. The van der Waals surface area contributed by atoms with Crippen molar-refractivity contribution in [3.8, 4) is 11.5 Å². The van der Waals surface area contributed by atoms with Gasteiger partial charge in [0.1, 0.15) is 17.3 Å². The lowest BCUT2D eigenvalue weighted by atomic mass is 10.2. The maximum Gasteiger partial charge on any atom is 0.255 e. The Hall–Kier alpha value is -3.80. The predicted molar refractivity (Wildman–Crippen MR) is 130 cm³/mol. The Balaban J connectivity index is 1.42. The molecule has 1 amide bonds. The molecule has 4 rings (SSSR count). The van der Waals surface area contributed by atoms with Gasteiger partial charge in [-0.05, 0) is 54.8 Å². The molecule has 170 valence electrons. The molecule has 0 saturated carbocycles. The number of rotatable bonds is 10. The fourth-order valence-electron chi connectivity index (χ4n) is 3.83. The lowest BCUT2D eigenvalue weighted by molar-refractivity contribution is 0.0946. The molecular weight excluding hydrogens is 414 g/mol. The molecule has 3 aromatic carbocycles. The van der Waals surface area contributed by atoms with Crippen LogP contribution in [0.1, 0.15) is 35.1 Å².